The summed E-state index contributed by atoms with van der Waals surface area (Å²) in [5.41, 5.74) is 0.224. The van der Waals surface area contributed by atoms with E-state index in [9.17, 15) is 9.59 Å². The number of pyridine rings is 1. The minimum absolute atomic E-state index is 0.00206. The van der Waals surface area contributed by atoms with Gasteiger partial charge in [-0.15, -0.1) is 0 Å². The number of esters is 2. The summed E-state index contributed by atoms with van der Waals surface area (Å²) in [4.78, 5) is 25.8. The first-order valence-corrected chi connectivity index (χ1v) is 4.39. The van der Waals surface area contributed by atoms with Crippen molar-refractivity contribution < 1.29 is 19.1 Å². The largest absolute Gasteiger partial charge is 0.469 e. The van der Waals surface area contributed by atoms with Gasteiger partial charge in [-0.1, -0.05) is 6.07 Å². The first-order chi connectivity index (χ1) is 7.24. The molecule has 1 heterocycles. The molecule has 0 bridgehead atoms. The zero-order valence-electron chi connectivity index (χ0n) is 8.30. The summed E-state index contributed by atoms with van der Waals surface area (Å²) in [5.74, 6) is -0.955. The molecule has 1 rings (SSSR count). The summed E-state index contributed by atoms with van der Waals surface area (Å²) in [6.45, 7) is 0.00206. The summed E-state index contributed by atoms with van der Waals surface area (Å²) in [5, 5.41) is 0. The molecule has 0 unspecified atom stereocenters. The van der Waals surface area contributed by atoms with Crippen LogP contribution in [0.3, 0.4) is 0 Å². The van der Waals surface area contributed by atoms with Gasteiger partial charge >= 0.3 is 11.9 Å². The van der Waals surface area contributed by atoms with Crippen molar-refractivity contribution in [2.75, 3.05) is 13.7 Å². The molecule has 0 aromatic carbocycles. The highest BCUT2D eigenvalue weighted by atomic mass is 16.5. The van der Waals surface area contributed by atoms with E-state index < -0.39 is 11.9 Å². The van der Waals surface area contributed by atoms with Crippen molar-refractivity contribution in [2.24, 2.45) is 0 Å². The van der Waals surface area contributed by atoms with Crippen molar-refractivity contribution in [2.45, 2.75) is 6.42 Å². The molecule has 0 N–H and O–H groups in total. The van der Waals surface area contributed by atoms with Gasteiger partial charge in [0.05, 0.1) is 13.5 Å². The Hall–Kier alpha value is -1.91. The highest BCUT2D eigenvalue weighted by molar-refractivity contribution is 5.87. The summed E-state index contributed by atoms with van der Waals surface area (Å²) in [6.07, 6.45) is 1.55. The molecule has 0 amide bonds. The van der Waals surface area contributed by atoms with Crippen LogP contribution in [0.25, 0.3) is 0 Å². The Labute approximate surface area is 87.0 Å². The lowest BCUT2D eigenvalue weighted by Gasteiger charge is -2.02. The van der Waals surface area contributed by atoms with Crippen LogP contribution in [-0.2, 0) is 14.3 Å². The highest BCUT2D eigenvalue weighted by Gasteiger charge is 2.08. The molecule has 0 aliphatic rings. The normalized spacial score (nSPS) is 9.40. The Kier molecular flexibility index (Phi) is 4.28. The maximum atomic E-state index is 11.3. The molecule has 15 heavy (non-hydrogen) atoms. The van der Waals surface area contributed by atoms with Crippen LogP contribution in [0.5, 0.6) is 0 Å². The second kappa shape index (κ2) is 5.74. The van der Waals surface area contributed by atoms with Gasteiger partial charge in [-0.25, -0.2) is 9.78 Å². The van der Waals surface area contributed by atoms with Crippen LogP contribution in [0.4, 0.5) is 0 Å². The molecule has 0 fully saturated rings. The fourth-order valence-electron chi connectivity index (χ4n) is 0.887. The van der Waals surface area contributed by atoms with Gasteiger partial charge in [-0.2, -0.15) is 0 Å². The van der Waals surface area contributed by atoms with Crippen molar-refractivity contribution >= 4 is 11.9 Å². The van der Waals surface area contributed by atoms with E-state index in [1.165, 1.54) is 13.3 Å². The number of carbonyl (C=O) groups excluding carboxylic acids is 2. The minimum Gasteiger partial charge on any atom is -0.469 e. The number of hydrogen-bond donors (Lipinski definition) is 0. The second-order valence-corrected chi connectivity index (χ2v) is 2.68. The topological polar surface area (TPSA) is 65.5 Å². The first kappa shape index (κ1) is 11.2. The van der Waals surface area contributed by atoms with Crippen LogP contribution in [0, 0.1) is 0 Å². The summed E-state index contributed by atoms with van der Waals surface area (Å²) in [6, 6.07) is 4.93. The van der Waals surface area contributed by atoms with Gasteiger partial charge in [0.25, 0.3) is 0 Å². The van der Waals surface area contributed by atoms with E-state index in [0.29, 0.717) is 0 Å². The standard InChI is InChI=1S/C10H11NO4/c1-14-9(12)5-7-15-10(13)8-4-2-3-6-11-8/h2-4,6H,5,7H2,1H3. The van der Waals surface area contributed by atoms with E-state index in [4.69, 9.17) is 4.74 Å². The number of aromatic nitrogens is 1. The third-order valence-electron chi connectivity index (χ3n) is 1.64. The maximum Gasteiger partial charge on any atom is 0.356 e. The quantitative estimate of drug-likeness (QED) is 0.686. The first-order valence-electron chi connectivity index (χ1n) is 4.39. The van der Waals surface area contributed by atoms with E-state index in [1.54, 1.807) is 18.2 Å². The second-order valence-electron chi connectivity index (χ2n) is 2.68. The zero-order chi connectivity index (χ0) is 11.1. The number of ether oxygens (including phenoxy) is 2. The lowest BCUT2D eigenvalue weighted by molar-refractivity contribution is -0.141. The Morgan fingerprint density at radius 1 is 1.40 bits per heavy atom. The minimum atomic E-state index is -0.542. The molecule has 1 aromatic rings. The predicted molar refractivity (Wildman–Crippen MR) is 51.2 cm³/mol. The summed E-state index contributed by atoms with van der Waals surface area (Å²) < 4.78 is 9.19. The maximum absolute atomic E-state index is 11.3. The lowest BCUT2D eigenvalue weighted by Crippen LogP contribution is -2.11. The molecule has 80 valence electrons. The van der Waals surface area contributed by atoms with Crippen molar-refractivity contribution in [3.63, 3.8) is 0 Å². The number of rotatable bonds is 4. The van der Waals surface area contributed by atoms with Crippen LogP contribution in [0.1, 0.15) is 16.9 Å². The molecular weight excluding hydrogens is 198 g/mol. The monoisotopic (exact) mass is 209 g/mol. The van der Waals surface area contributed by atoms with E-state index in [-0.39, 0.29) is 18.7 Å². The van der Waals surface area contributed by atoms with Crippen molar-refractivity contribution in [1.82, 2.24) is 4.98 Å². The van der Waals surface area contributed by atoms with Crippen molar-refractivity contribution in [3.05, 3.63) is 30.1 Å². The molecule has 0 aliphatic carbocycles. The highest BCUT2D eigenvalue weighted by Crippen LogP contribution is 1.97. The fourth-order valence-corrected chi connectivity index (χ4v) is 0.887. The van der Waals surface area contributed by atoms with E-state index in [2.05, 4.69) is 9.72 Å². The number of hydrogen-bond acceptors (Lipinski definition) is 5. The van der Waals surface area contributed by atoms with Crippen molar-refractivity contribution in [1.29, 1.82) is 0 Å². The van der Waals surface area contributed by atoms with Gasteiger partial charge in [-0.3, -0.25) is 4.79 Å². The van der Waals surface area contributed by atoms with Gasteiger partial charge in [0.1, 0.15) is 12.3 Å². The zero-order valence-corrected chi connectivity index (χ0v) is 8.30. The number of methoxy groups -OCH3 is 1. The van der Waals surface area contributed by atoms with Crippen LogP contribution < -0.4 is 0 Å². The van der Waals surface area contributed by atoms with Crippen LogP contribution in [-0.4, -0.2) is 30.6 Å². The summed E-state index contributed by atoms with van der Waals surface area (Å²) in [7, 11) is 1.28. The third-order valence-corrected chi connectivity index (χ3v) is 1.64. The summed E-state index contributed by atoms with van der Waals surface area (Å²) >= 11 is 0. The van der Waals surface area contributed by atoms with Gasteiger partial charge < -0.3 is 9.47 Å². The lowest BCUT2D eigenvalue weighted by atomic mass is 10.3. The van der Waals surface area contributed by atoms with Crippen LogP contribution in [0.2, 0.25) is 0 Å². The molecule has 0 saturated heterocycles. The molecule has 5 nitrogen and oxygen atoms in total. The Bertz CT molecular complexity index is 337. The van der Waals surface area contributed by atoms with Crippen LogP contribution in [0.15, 0.2) is 24.4 Å². The molecule has 0 radical (unpaired) electrons. The molecule has 0 atom stereocenters. The van der Waals surface area contributed by atoms with Gasteiger partial charge in [0, 0.05) is 6.20 Å². The van der Waals surface area contributed by atoms with Gasteiger partial charge in [-0.05, 0) is 12.1 Å². The van der Waals surface area contributed by atoms with E-state index in [1.807, 2.05) is 0 Å². The predicted octanol–water partition coefficient (Wildman–Crippen LogP) is 0.801. The molecular formula is C10H11NO4. The van der Waals surface area contributed by atoms with Crippen molar-refractivity contribution in [3.8, 4) is 0 Å². The Morgan fingerprint density at radius 2 is 2.20 bits per heavy atom. The SMILES string of the molecule is COC(=O)CCOC(=O)c1ccccn1. The van der Waals surface area contributed by atoms with Crippen LogP contribution >= 0.6 is 0 Å². The molecule has 5 heteroatoms. The number of carbonyl (C=O) groups is 2. The van der Waals surface area contributed by atoms with Gasteiger partial charge in [0.2, 0.25) is 0 Å². The Morgan fingerprint density at radius 3 is 2.80 bits per heavy atom. The average molecular weight is 209 g/mol. The van der Waals surface area contributed by atoms with Gasteiger partial charge in [0.15, 0.2) is 0 Å². The average Bonchev–Trinajstić information content (AvgIpc) is 2.29. The fraction of sp³-hybridized carbons (Fsp3) is 0.300. The number of nitrogens with zero attached hydrogens (tertiary/aromatic N) is 1. The van der Waals surface area contributed by atoms with E-state index in [0.717, 1.165) is 0 Å². The molecule has 0 saturated carbocycles. The Balaban J connectivity index is 2.34. The third kappa shape index (κ3) is 3.76. The smallest absolute Gasteiger partial charge is 0.356 e. The molecule has 1 aromatic heterocycles. The molecule has 0 spiro atoms. The van der Waals surface area contributed by atoms with E-state index >= 15 is 0 Å². The molecule has 0 aliphatic heterocycles.